The summed E-state index contributed by atoms with van der Waals surface area (Å²) in [6, 6.07) is 17.4. The molecule has 1 unspecified atom stereocenters. The maximum atomic E-state index is 13.2. The van der Waals surface area contributed by atoms with E-state index in [9.17, 15) is 8.42 Å². The van der Waals surface area contributed by atoms with Crippen LogP contribution in [0, 0.1) is 6.92 Å². The number of benzene rings is 2. The van der Waals surface area contributed by atoms with Crippen LogP contribution in [-0.4, -0.2) is 24.5 Å². The normalized spacial score (nSPS) is 17.0. The Balaban J connectivity index is 1.62. The van der Waals surface area contributed by atoms with Gasteiger partial charge in [0.2, 0.25) is 9.84 Å². The van der Waals surface area contributed by atoms with Crippen LogP contribution in [0.25, 0.3) is 11.1 Å². The lowest BCUT2D eigenvalue weighted by atomic mass is 10.1. The van der Waals surface area contributed by atoms with Crippen molar-refractivity contribution < 1.29 is 8.42 Å². The number of nitrogens with one attached hydrogen (secondary N) is 2. The number of nitrogens with zero attached hydrogens (tertiary/aromatic N) is 1. The lowest BCUT2D eigenvalue weighted by Gasteiger charge is -2.12. The van der Waals surface area contributed by atoms with Crippen molar-refractivity contribution in [2.75, 3.05) is 0 Å². The number of hydrogen-bond acceptors (Lipinski definition) is 4. The van der Waals surface area contributed by atoms with Gasteiger partial charge < -0.3 is 4.98 Å². The van der Waals surface area contributed by atoms with Gasteiger partial charge >= 0.3 is 0 Å². The van der Waals surface area contributed by atoms with Gasteiger partial charge in [0.1, 0.15) is 0 Å². The summed E-state index contributed by atoms with van der Waals surface area (Å²) in [7, 11) is -3.58. The molecule has 1 aliphatic heterocycles. The van der Waals surface area contributed by atoms with E-state index in [2.05, 4.69) is 15.5 Å². The van der Waals surface area contributed by atoms with Gasteiger partial charge in [-0.15, -0.1) is 0 Å². The van der Waals surface area contributed by atoms with Crippen LogP contribution < -0.4 is 5.43 Å². The van der Waals surface area contributed by atoms with Crippen molar-refractivity contribution in [2.45, 2.75) is 23.6 Å². The first-order chi connectivity index (χ1) is 12.6. The highest BCUT2D eigenvalue weighted by molar-refractivity contribution is 7.92. The van der Waals surface area contributed by atoms with E-state index in [1.165, 1.54) is 0 Å². The molecule has 0 aliphatic carbocycles. The molecule has 0 bridgehead atoms. The predicted molar refractivity (Wildman–Crippen MR) is 103 cm³/mol. The molecule has 2 heterocycles. The fourth-order valence-electron chi connectivity index (χ4n) is 3.11. The Bertz CT molecular complexity index is 1050. The van der Waals surface area contributed by atoms with Crippen molar-refractivity contribution in [1.29, 1.82) is 0 Å². The number of aromatic amines is 1. The summed E-state index contributed by atoms with van der Waals surface area (Å²) < 4.78 is 26.3. The zero-order chi connectivity index (χ0) is 18.1. The molecule has 1 aromatic heterocycles. The van der Waals surface area contributed by atoms with Gasteiger partial charge in [0.15, 0.2) is 5.37 Å². The fraction of sp³-hybridized carbons (Fsp3) is 0.150. The van der Waals surface area contributed by atoms with Crippen molar-refractivity contribution in [3.8, 4) is 11.1 Å². The molecule has 4 rings (SSSR count). The largest absolute Gasteiger partial charge is 0.366 e. The number of hydrazone groups is 1. The average molecular weight is 365 g/mol. The third kappa shape index (κ3) is 2.93. The quantitative estimate of drug-likeness (QED) is 0.743. The lowest BCUT2D eigenvalue weighted by Crippen LogP contribution is -2.30. The molecule has 1 atom stereocenters. The first kappa shape index (κ1) is 16.6. The van der Waals surface area contributed by atoms with Crippen LogP contribution in [-0.2, 0) is 9.84 Å². The van der Waals surface area contributed by atoms with Crippen molar-refractivity contribution in [1.82, 2.24) is 10.4 Å². The molecule has 0 fully saturated rings. The van der Waals surface area contributed by atoms with Crippen LogP contribution in [0.2, 0.25) is 0 Å². The molecule has 0 radical (unpaired) electrons. The number of hydrogen-bond donors (Lipinski definition) is 2. The molecule has 0 saturated carbocycles. The molecule has 26 heavy (non-hydrogen) atoms. The summed E-state index contributed by atoms with van der Waals surface area (Å²) in [4.78, 5) is 3.22. The molecule has 132 valence electrons. The summed E-state index contributed by atoms with van der Waals surface area (Å²) in [6.45, 7) is 2.02. The van der Waals surface area contributed by atoms with Crippen molar-refractivity contribution in [3.63, 3.8) is 0 Å². The van der Waals surface area contributed by atoms with Gasteiger partial charge in [-0.2, -0.15) is 5.10 Å². The van der Waals surface area contributed by atoms with E-state index in [-0.39, 0.29) is 0 Å². The average Bonchev–Trinajstić information content (AvgIpc) is 3.33. The minimum Gasteiger partial charge on any atom is -0.366 e. The zero-order valence-corrected chi connectivity index (χ0v) is 15.1. The third-order valence-corrected chi connectivity index (χ3v) is 6.55. The highest BCUT2D eigenvalue weighted by Crippen LogP contribution is 2.31. The number of aryl methyl sites for hydroxylation is 1. The van der Waals surface area contributed by atoms with Crippen molar-refractivity contribution in [3.05, 3.63) is 78.1 Å². The van der Waals surface area contributed by atoms with Crippen LogP contribution in [0.1, 0.15) is 17.5 Å². The third-order valence-electron chi connectivity index (χ3n) is 4.58. The number of H-pyrrole nitrogens is 1. The molecule has 3 aromatic rings. The number of rotatable bonds is 4. The topological polar surface area (TPSA) is 74.3 Å². The summed E-state index contributed by atoms with van der Waals surface area (Å²) in [5.41, 5.74) is 7.21. The molecule has 1 aliphatic rings. The van der Waals surface area contributed by atoms with Gasteiger partial charge in [-0.05, 0) is 18.1 Å². The zero-order valence-electron chi connectivity index (χ0n) is 14.3. The Morgan fingerprint density at radius 2 is 1.69 bits per heavy atom. The maximum Gasteiger partial charge on any atom is 0.203 e. The van der Waals surface area contributed by atoms with Gasteiger partial charge in [-0.3, -0.25) is 5.43 Å². The molecular weight excluding hydrogens is 346 g/mol. The van der Waals surface area contributed by atoms with Crippen LogP contribution in [0.5, 0.6) is 0 Å². The van der Waals surface area contributed by atoms with E-state index in [4.69, 9.17) is 0 Å². The number of sulfone groups is 1. The molecule has 0 spiro atoms. The molecule has 2 N–H and O–H groups in total. The second kappa shape index (κ2) is 6.46. The van der Waals surface area contributed by atoms with Gasteiger partial charge in [-0.25, -0.2) is 8.42 Å². The van der Waals surface area contributed by atoms with E-state index in [0.29, 0.717) is 16.9 Å². The van der Waals surface area contributed by atoms with Crippen molar-refractivity contribution in [2.24, 2.45) is 5.10 Å². The first-order valence-corrected chi connectivity index (χ1v) is 9.95. The van der Waals surface area contributed by atoms with Crippen LogP contribution in [0.15, 0.2) is 77.0 Å². The Morgan fingerprint density at radius 3 is 2.42 bits per heavy atom. The lowest BCUT2D eigenvalue weighted by molar-refractivity contribution is 0.568. The van der Waals surface area contributed by atoms with E-state index in [1.807, 2.05) is 61.5 Å². The molecule has 2 aromatic carbocycles. The van der Waals surface area contributed by atoms with Gasteiger partial charge in [0.05, 0.1) is 10.6 Å². The van der Waals surface area contributed by atoms with E-state index in [0.717, 1.165) is 22.4 Å². The predicted octanol–water partition coefficient (Wildman–Crippen LogP) is 3.49. The monoisotopic (exact) mass is 365 g/mol. The Morgan fingerprint density at radius 1 is 0.962 bits per heavy atom. The minimum atomic E-state index is -3.58. The van der Waals surface area contributed by atoms with E-state index < -0.39 is 15.2 Å². The van der Waals surface area contributed by atoms with E-state index in [1.54, 1.807) is 12.4 Å². The van der Waals surface area contributed by atoms with Gasteiger partial charge in [0, 0.05) is 24.4 Å². The smallest absolute Gasteiger partial charge is 0.203 e. The molecule has 5 nitrogen and oxygen atoms in total. The second-order valence-electron chi connectivity index (χ2n) is 6.39. The minimum absolute atomic E-state index is 0.293. The Hall–Kier alpha value is -2.86. The SMILES string of the molecule is Cc1ccc(C2=NNC(S(=O)(=O)c3c[nH]cc3-c3ccccc3)C2)cc1. The number of aromatic nitrogens is 1. The highest BCUT2D eigenvalue weighted by atomic mass is 32.2. The van der Waals surface area contributed by atoms with Crippen LogP contribution in [0.3, 0.4) is 0 Å². The van der Waals surface area contributed by atoms with Gasteiger partial charge in [0.25, 0.3) is 0 Å². The van der Waals surface area contributed by atoms with Crippen LogP contribution in [0.4, 0.5) is 0 Å². The fourth-order valence-corrected chi connectivity index (χ4v) is 4.70. The second-order valence-corrected chi connectivity index (χ2v) is 8.49. The summed E-state index contributed by atoms with van der Waals surface area (Å²) in [5.74, 6) is 0. The molecular formula is C20H19N3O2S. The summed E-state index contributed by atoms with van der Waals surface area (Å²) >= 11 is 0. The molecule has 0 saturated heterocycles. The summed E-state index contributed by atoms with van der Waals surface area (Å²) in [5, 5.41) is 3.51. The Labute approximate surface area is 152 Å². The maximum absolute atomic E-state index is 13.2. The van der Waals surface area contributed by atoms with Gasteiger partial charge in [-0.1, -0.05) is 60.2 Å². The molecule has 6 heteroatoms. The summed E-state index contributed by atoms with van der Waals surface area (Å²) in [6.07, 6.45) is 3.60. The highest BCUT2D eigenvalue weighted by Gasteiger charge is 2.34. The Kier molecular flexibility index (Phi) is 4.12. The van der Waals surface area contributed by atoms with Crippen LogP contribution >= 0.6 is 0 Å². The van der Waals surface area contributed by atoms with E-state index >= 15 is 0 Å². The first-order valence-electron chi connectivity index (χ1n) is 8.41. The molecule has 0 amide bonds. The van der Waals surface area contributed by atoms with Crippen molar-refractivity contribution >= 4 is 15.5 Å². The standard InChI is InChI=1S/C20H19N3O2S/c1-14-7-9-16(10-8-14)18-11-20(23-22-18)26(24,25)19-13-21-12-17(19)15-5-3-2-4-6-15/h2-10,12-13,20-21,23H,11H2,1H3.